The van der Waals surface area contributed by atoms with Gasteiger partial charge in [0.15, 0.2) is 0 Å². The van der Waals surface area contributed by atoms with Gasteiger partial charge in [-0.3, -0.25) is 20.0 Å². The van der Waals surface area contributed by atoms with Crippen LogP contribution in [-0.4, -0.2) is 54.5 Å². The largest absolute Gasteiger partial charge is 0.299 e. The van der Waals surface area contributed by atoms with Crippen LogP contribution in [0.15, 0.2) is 0 Å². The fraction of sp³-hybridized carbons (Fsp3) is 0.917. The summed E-state index contributed by atoms with van der Waals surface area (Å²) in [5, 5.41) is 0. The molecule has 1 fully saturated rings. The van der Waals surface area contributed by atoms with Gasteiger partial charge >= 0.3 is 0 Å². The summed E-state index contributed by atoms with van der Waals surface area (Å²) in [6, 6.07) is 1.05. The molecule has 100 valence electrons. The molecule has 0 bridgehead atoms. The Kier molecular flexibility index (Phi) is 4.52. The van der Waals surface area contributed by atoms with Crippen molar-refractivity contribution in [1.82, 2.24) is 15.2 Å². The van der Waals surface area contributed by atoms with Crippen molar-refractivity contribution in [1.29, 1.82) is 0 Å². The second-order valence-electron chi connectivity index (χ2n) is 5.91. The van der Waals surface area contributed by atoms with Crippen LogP contribution in [0.3, 0.4) is 0 Å². The van der Waals surface area contributed by atoms with Crippen LogP contribution in [-0.2, 0) is 4.79 Å². The molecule has 1 saturated heterocycles. The van der Waals surface area contributed by atoms with Gasteiger partial charge in [0.1, 0.15) is 0 Å². The number of nitrogens with one attached hydrogen (secondary N) is 1. The molecular formula is C12H26N4O. The lowest BCUT2D eigenvalue weighted by Gasteiger charge is -2.44. The Hall–Kier alpha value is -0.650. The molecule has 2 atom stereocenters. The smallest absolute Gasteiger partial charge is 0.240 e. The van der Waals surface area contributed by atoms with Gasteiger partial charge < -0.3 is 0 Å². The average Bonchev–Trinajstić information content (AvgIpc) is 2.24. The number of nitrogens with two attached hydrogens (primary N) is 1. The van der Waals surface area contributed by atoms with E-state index < -0.39 is 5.41 Å². The van der Waals surface area contributed by atoms with Crippen molar-refractivity contribution in [3.63, 3.8) is 0 Å². The van der Waals surface area contributed by atoms with E-state index in [1.54, 1.807) is 0 Å². The van der Waals surface area contributed by atoms with Crippen LogP contribution in [0.5, 0.6) is 0 Å². The van der Waals surface area contributed by atoms with Gasteiger partial charge in [0, 0.05) is 31.7 Å². The highest BCUT2D eigenvalue weighted by molar-refractivity contribution is 5.81. The predicted molar refractivity (Wildman–Crippen MR) is 69.2 cm³/mol. The van der Waals surface area contributed by atoms with Crippen molar-refractivity contribution in [2.45, 2.75) is 39.8 Å². The normalized spacial score (nSPS) is 28.1. The predicted octanol–water partition coefficient (Wildman–Crippen LogP) is 0.0269. The number of hydrazine groups is 1. The molecule has 1 aliphatic rings. The van der Waals surface area contributed by atoms with Crippen molar-refractivity contribution in [2.75, 3.05) is 26.7 Å². The van der Waals surface area contributed by atoms with Crippen LogP contribution < -0.4 is 11.3 Å². The first-order valence-corrected chi connectivity index (χ1v) is 6.23. The monoisotopic (exact) mass is 242 g/mol. The second kappa shape index (κ2) is 5.33. The SMILES string of the molecule is CC1CN(CC(C)(C)C(=O)NN)CC(C)N1C. The van der Waals surface area contributed by atoms with Gasteiger partial charge in [-0.05, 0) is 34.7 Å². The summed E-state index contributed by atoms with van der Waals surface area (Å²) in [4.78, 5) is 16.4. The number of amides is 1. The lowest BCUT2D eigenvalue weighted by Crippen LogP contribution is -2.58. The van der Waals surface area contributed by atoms with Gasteiger partial charge in [-0.1, -0.05) is 0 Å². The summed E-state index contributed by atoms with van der Waals surface area (Å²) in [6.07, 6.45) is 0. The van der Waals surface area contributed by atoms with E-state index in [9.17, 15) is 4.79 Å². The van der Waals surface area contributed by atoms with E-state index in [1.165, 1.54) is 0 Å². The van der Waals surface area contributed by atoms with Crippen LogP contribution in [0, 0.1) is 5.41 Å². The summed E-state index contributed by atoms with van der Waals surface area (Å²) in [6.45, 7) is 11.1. The fourth-order valence-corrected chi connectivity index (χ4v) is 2.47. The number of likely N-dealkylation sites (N-methyl/N-ethyl adjacent to an activating group) is 1. The van der Waals surface area contributed by atoms with Crippen molar-refractivity contribution in [3.05, 3.63) is 0 Å². The maximum atomic E-state index is 11.7. The Labute approximate surface area is 104 Å². The minimum absolute atomic E-state index is 0.100. The molecule has 0 saturated carbocycles. The van der Waals surface area contributed by atoms with Gasteiger partial charge in [-0.25, -0.2) is 5.84 Å². The van der Waals surface area contributed by atoms with Gasteiger partial charge in [-0.2, -0.15) is 0 Å². The molecule has 2 unspecified atom stereocenters. The first-order chi connectivity index (χ1) is 7.77. The van der Waals surface area contributed by atoms with Crippen LogP contribution >= 0.6 is 0 Å². The molecule has 0 aromatic carbocycles. The molecule has 0 aromatic rings. The summed E-state index contributed by atoms with van der Waals surface area (Å²) in [7, 11) is 2.16. The van der Waals surface area contributed by atoms with Crippen LogP contribution in [0.4, 0.5) is 0 Å². The first kappa shape index (κ1) is 14.4. The molecular weight excluding hydrogens is 216 g/mol. The molecule has 3 N–H and O–H groups in total. The Bertz CT molecular complexity index is 268. The van der Waals surface area contributed by atoms with Crippen molar-refractivity contribution < 1.29 is 4.79 Å². The number of rotatable bonds is 3. The molecule has 1 amide bonds. The molecule has 5 heteroatoms. The standard InChI is InChI=1S/C12H26N4O/c1-9-6-16(7-10(2)15(9)5)8-12(3,4)11(17)14-13/h9-10H,6-8,13H2,1-5H3,(H,14,17). The lowest BCUT2D eigenvalue weighted by atomic mass is 9.91. The topological polar surface area (TPSA) is 61.6 Å². The van der Waals surface area contributed by atoms with Crippen molar-refractivity contribution in [3.8, 4) is 0 Å². The fourth-order valence-electron chi connectivity index (χ4n) is 2.47. The van der Waals surface area contributed by atoms with Crippen LogP contribution in [0.25, 0.3) is 0 Å². The van der Waals surface area contributed by atoms with E-state index in [0.717, 1.165) is 19.6 Å². The minimum Gasteiger partial charge on any atom is -0.299 e. The van der Waals surface area contributed by atoms with Gasteiger partial charge in [0.25, 0.3) is 0 Å². The number of piperazine rings is 1. The van der Waals surface area contributed by atoms with Crippen LogP contribution in [0.1, 0.15) is 27.7 Å². The summed E-state index contributed by atoms with van der Waals surface area (Å²) in [5.41, 5.74) is 1.81. The first-order valence-electron chi connectivity index (χ1n) is 6.23. The van der Waals surface area contributed by atoms with Gasteiger partial charge in [0.2, 0.25) is 5.91 Å². The average molecular weight is 242 g/mol. The third kappa shape index (κ3) is 3.40. The molecule has 0 aliphatic carbocycles. The molecule has 1 heterocycles. The Morgan fingerprint density at radius 3 is 2.24 bits per heavy atom. The maximum absolute atomic E-state index is 11.7. The van der Waals surface area contributed by atoms with Crippen molar-refractivity contribution >= 4 is 5.91 Å². The Morgan fingerprint density at radius 2 is 1.82 bits per heavy atom. The highest BCUT2D eigenvalue weighted by Crippen LogP contribution is 2.21. The number of hydrogen-bond acceptors (Lipinski definition) is 4. The zero-order valence-electron chi connectivity index (χ0n) is 11.7. The third-order valence-electron chi connectivity index (χ3n) is 3.80. The molecule has 0 spiro atoms. The van der Waals surface area contributed by atoms with Gasteiger partial charge in [0.05, 0.1) is 5.41 Å². The van der Waals surface area contributed by atoms with Crippen molar-refractivity contribution in [2.24, 2.45) is 11.3 Å². The zero-order chi connectivity index (χ0) is 13.2. The molecule has 0 aromatic heterocycles. The molecule has 5 nitrogen and oxygen atoms in total. The second-order valence-corrected chi connectivity index (χ2v) is 5.91. The molecule has 1 aliphatic heterocycles. The quantitative estimate of drug-likeness (QED) is 0.416. The number of hydrogen-bond donors (Lipinski definition) is 2. The van der Waals surface area contributed by atoms with E-state index in [4.69, 9.17) is 5.84 Å². The lowest BCUT2D eigenvalue weighted by molar-refractivity contribution is -0.131. The number of carbonyl (C=O) groups is 1. The maximum Gasteiger partial charge on any atom is 0.240 e. The summed E-state index contributed by atoms with van der Waals surface area (Å²) >= 11 is 0. The Balaban J connectivity index is 2.61. The highest BCUT2D eigenvalue weighted by atomic mass is 16.2. The number of nitrogens with zero attached hydrogens (tertiary/aromatic N) is 2. The molecule has 17 heavy (non-hydrogen) atoms. The van der Waals surface area contributed by atoms with Gasteiger partial charge in [-0.15, -0.1) is 0 Å². The van der Waals surface area contributed by atoms with E-state index in [1.807, 2.05) is 13.8 Å². The third-order valence-corrected chi connectivity index (χ3v) is 3.80. The van der Waals surface area contributed by atoms with E-state index in [-0.39, 0.29) is 5.91 Å². The van der Waals surface area contributed by atoms with E-state index in [0.29, 0.717) is 12.1 Å². The Morgan fingerprint density at radius 1 is 1.35 bits per heavy atom. The zero-order valence-corrected chi connectivity index (χ0v) is 11.7. The minimum atomic E-state index is -0.440. The summed E-state index contributed by atoms with van der Waals surface area (Å²) < 4.78 is 0. The van der Waals surface area contributed by atoms with E-state index >= 15 is 0 Å². The molecule has 1 rings (SSSR count). The summed E-state index contributed by atoms with van der Waals surface area (Å²) in [5.74, 6) is 5.11. The molecule has 0 radical (unpaired) electrons. The number of carbonyl (C=O) groups excluding carboxylic acids is 1. The van der Waals surface area contributed by atoms with Crippen LogP contribution in [0.2, 0.25) is 0 Å². The van der Waals surface area contributed by atoms with E-state index in [2.05, 4.69) is 36.1 Å². The highest BCUT2D eigenvalue weighted by Gasteiger charge is 2.33.